The van der Waals surface area contributed by atoms with Crippen molar-refractivity contribution in [3.63, 3.8) is 0 Å². The molecule has 1 aromatic rings. The van der Waals surface area contributed by atoms with Gasteiger partial charge in [0, 0.05) is 49.1 Å². The summed E-state index contributed by atoms with van der Waals surface area (Å²) >= 11 is 6.13. The van der Waals surface area contributed by atoms with E-state index in [1.54, 1.807) is 0 Å². The molecule has 0 saturated carbocycles. The van der Waals surface area contributed by atoms with Crippen LogP contribution in [0.1, 0.15) is 45.6 Å². The van der Waals surface area contributed by atoms with E-state index in [-0.39, 0.29) is 5.91 Å². The number of anilines is 1. The van der Waals surface area contributed by atoms with Gasteiger partial charge < -0.3 is 19.9 Å². The molecule has 0 spiro atoms. The van der Waals surface area contributed by atoms with Gasteiger partial charge in [-0.3, -0.25) is 4.79 Å². The van der Waals surface area contributed by atoms with Crippen LogP contribution >= 0.6 is 11.6 Å². The Bertz CT molecular complexity index is 929. The third-order valence-electron chi connectivity index (χ3n) is 5.67. The highest BCUT2D eigenvalue weighted by Gasteiger charge is 2.11. The highest BCUT2D eigenvalue weighted by molar-refractivity contribution is 6.31. The quantitative estimate of drug-likeness (QED) is 0.288. The molecule has 0 fully saturated rings. The molecule has 0 atom stereocenters. The van der Waals surface area contributed by atoms with Crippen molar-refractivity contribution in [1.29, 1.82) is 0 Å². The largest absolute Gasteiger partial charge is 0.494 e. The fourth-order valence-corrected chi connectivity index (χ4v) is 3.78. The smallest absolute Gasteiger partial charge is 0.224 e. The Morgan fingerprint density at radius 1 is 1.15 bits per heavy atom. The summed E-state index contributed by atoms with van der Waals surface area (Å²) in [4.78, 5) is 16.4. The first-order valence-corrected chi connectivity index (χ1v) is 12.2. The van der Waals surface area contributed by atoms with Crippen molar-refractivity contribution in [3.05, 3.63) is 64.0 Å². The number of hydrogen-bond acceptors (Lipinski definition) is 4. The standard InChI is InChI=1S/C27H38ClN3O2/c1-6-27(32)29-25-20-24(14-13-21(25)3)33-18-9-8-15-30(5)16-17-31(7-2)26-12-10-11-23(28)19-22(26)4/h10-14,20H,6-9,15-18H2,1-5H3,(H,29,32). The van der Waals surface area contributed by atoms with Crippen molar-refractivity contribution in [1.82, 2.24) is 9.80 Å². The number of aryl methyl sites for hydroxylation is 1. The number of halogens is 1. The first-order valence-electron chi connectivity index (χ1n) is 11.8. The summed E-state index contributed by atoms with van der Waals surface area (Å²) in [5, 5.41) is 3.57. The van der Waals surface area contributed by atoms with Crippen molar-refractivity contribution < 1.29 is 9.53 Å². The summed E-state index contributed by atoms with van der Waals surface area (Å²) < 4.78 is 5.91. The van der Waals surface area contributed by atoms with Gasteiger partial charge in [0.1, 0.15) is 5.75 Å². The summed E-state index contributed by atoms with van der Waals surface area (Å²) in [6.07, 6.45) is 8.48. The number of likely N-dealkylation sites (N-methyl/N-ethyl adjacent to an activating group) is 2. The van der Waals surface area contributed by atoms with Crippen LogP contribution in [-0.2, 0) is 4.79 Å². The van der Waals surface area contributed by atoms with E-state index in [9.17, 15) is 4.79 Å². The lowest BCUT2D eigenvalue weighted by Crippen LogP contribution is -2.33. The number of carbonyl (C=O) groups excluding carboxylic acids is 1. The number of ether oxygens (including phenoxy) is 1. The first kappa shape index (κ1) is 26.8. The van der Waals surface area contributed by atoms with E-state index in [2.05, 4.69) is 47.8 Å². The molecule has 0 unspecified atom stereocenters. The predicted octanol–water partition coefficient (Wildman–Crippen LogP) is 5.88. The van der Waals surface area contributed by atoms with E-state index in [4.69, 9.17) is 16.3 Å². The van der Waals surface area contributed by atoms with Crippen LogP contribution in [0.4, 0.5) is 5.69 Å². The molecule has 180 valence electrons. The van der Waals surface area contributed by atoms with Gasteiger partial charge in [0.2, 0.25) is 5.91 Å². The van der Waals surface area contributed by atoms with Crippen molar-refractivity contribution in [3.8, 4) is 5.75 Å². The SMILES string of the molecule is CCC(=O)Nc1cc(OCCCCN(C)CCN(CC)C2=CC=CC(Cl)=C=C2C)ccc1C. The van der Waals surface area contributed by atoms with Crippen LogP contribution in [-0.4, -0.2) is 55.5 Å². The second kappa shape index (κ2) is 13.9. The summed E-state index contributed by atoms with van der Waals surface area (Å²) in [7, 11) is 2.16. The van der Waals surface area contributed by atoms with Gasteiger partial charge in [-0.1, -0.05) is 36.4 Å². The molecule has 0 radical (unpaired) electrons. The number of amides is 1. The number of hydrogen-bond donors (Lipinski definition) is 1. The Balaban J connectivity index is 1.72. The normalized spacial score (nSPS) is 13.2. The van der Waals surface area contributed by atoms with E-state index in [0.29, 0.717) is 18.1 Å². The number of rotatable bonds is 13. The minimum atomic E-state index is 0.0122. The molecular formula is C27H38ClN3O2. The van der Waals surface area contributed by atoms with Crippen LogP contribution in [0.3, 0.4) is 0 Å². The highest BCUT2D eigenvalue weighted by atomic mass is 35.5. The Hall–Kier alpha value is -2.46. The average Bonchev–Trinajstić information content (AvgIpc) is 2.96. The second-order valence-electron chi connectivity index (χ2n) is 8.33. The lowest BCUT2D eigenvalue weighted by atomic mass is 10.2. The summed E-state index contributed by atoms with van der Waals surface area (Å²) in [5.41, 5.74) is 7.33. The van der Waals surface area contributed by atoms with Crippen LogP contribution < -0.4 is 10.1 Å². The molecule has 1 N–H and O–H groups in total. The fourth-order valence-electron chi connectivity index (χ4n) is 3.57. The third kappa shape index (κ3) is 9.13. The zero-order chi connectivity index (χ0) is 24.2. The summed E-state index contributed by atoms with van der Waals surface area (Å²) in [6.45, 7) is 12.6. The van der Waals surface area contributed by atoms with Gasteiger partial charge >= 0.3 is 0 Å². The number of benzene rings is 1. The first-order chi connectivity index (χ1) is 15.8. The van der Waals surface area contributed by atoms with Gasteiger partial charge in [-0.25, -0.2) is 0 Å². The number of allylic oxidation sites excluding steroid dienone is 4. The molecule has 2 rings (SSSR count). The maximum atomic E-state index is 11.7. The Morgan fingerprint density at radius 3 is 2.67 bits per heavy atom. The van der Waals surface area contributed by atoms with Gasteiger partial charge in [-0.05, 0) is 71.0 Å². The van der Waals surface area contributed by atoms with Crippen molar-refractivity contribution in [2.75, 3.05) is 45.2 Å². The number of nitrogens with one attached hydrogen (secondary N) is 1. The number of carbonyl (C=O) groups is 1. The molecule has 1 amide bonds. The molecule has 1 aromatic carbocycles. The molecule has 1 aliphatic carbocycles. The molecular weight excluding hydrogens is 434 g/mol. The summed E-state index contributed by atoms with van der Waals surface area (Å²) in [5.74, 6) is 0.806. The molecule has 0 heterocycles. The van der Waals surface area contributed by atoms with Gasteiger partial charge in [-0.2, -0.15) is 0 Å². The maximum absolute atomic E-state index is 11.7. The highest BCUT2D eigenvalue weighted by Crippen LogP contribution is 2.22. The van der Waals surface area contributed by atoms with E-state index in [0.717, 1.165) is 61.6 Å². The Morgan fingerprint density at radius 2 is 1.94 bits per heavy atom. The van der Waals surface area contributed by atoms with Crippen molar-refractivity contribution in [2.24, 2.45) is 0 Å². The molecule has 0 aliphatic heterocycles. The molecule has 0 saturated heterocycles. The second-order valence-corrected chi connectivity index (χ2v) is 8.73. The van der Waals surface area contributed by atoms with Gasteiger partial charge in [0.15, 0.2) is 0 Å². The van der Waals surface area contributed by atoms with Crippen LogP contribution in [0.5, 0.6) is 5.75 Å². The van der Waals surface area contributed by atoms with Crippen molar-refractivity contribution in [2.45, 2.75) is 47.0 Å². The maximum Gasteiger partial charge on any atom is 0.224 e. The molecule has 33 heavy (non-hydrogen) atoms. The minimum absolute atomic E-state index is 0.0122. The van der Waals surface area contributed by atoms with Gasteiger partial charge in [0.25, 0.3) is 0 Å². The predicted molar refractivity (Wildman–Crippen MR) is 139 cm³/mol. The van der Waals surface area contributed by atoms with E-state index >= 15 is 0 Å². The summed E-state index contributed by atoms with van der Waals surface area (Å²) in [6, 6.07) is 5.84. The molecule has 1 aliphatic rings. The zero-order valence-electron chi connectivity index (χ0n) is 20.7. The van der Waals surface area contributed by atoms with E-state index in [1.807, 2.05) is 44.2 Å². The van der Waals surface area contributed by atoms with Crippen LogP contribution in [0.25, 0.3) is 0 Å². The molecule has 0 bridgehead atoms. The minimum Gasteiger partial charge on any atom is -0.494 e. The molecule has 6 heteroatoms. The zero-order valence-corrected chi connectivity index (χ0v) is 21.5. The third-order valence-corrected chi connectivity index (χ3v) is 5.89. The molecule has 0 aromatic heterocycles. The number of unbranched alkanes of at least 4 members (excludes halogenated alkanes) is 1. The topological polar surface area (TPSA) is 44.8 Å². The van der Waals surface area contributed by atoms with Crippen LogP contribution in [0.2, 0.25) is 0 Å². The van der Waals surface area contributed by atoms with Crippen LogP contribution in [0.15, 0.2) is 58.5 Å². The lowest BCUT2D eigenvalue weighted by Gasteiger charge is -2.28. The van der Waals surface area contributed by atoms with Crippen LogP contribution in [0, 0.1) is 6.92 Å². The Labute approximate surface area is 204 Å². The van der Waals surface area contributed by atoms with E-state index in [1.165, 1.54) is 5.70 Å². The van der Waals surface area contributed by atoms with Crippen molar-refractivity contribution >= 4 is 23.2 Å². The van der Waals surface area contributed by atoms with E-state index < -0.39 is 0 Å². The number of nitrogens with zero attached hydrogens (tertiary/aromatic N) is 2. The van der Waals surface area contributed by atoms with Gasteiger partial charge in [-0.15, -0.1) is 0 Å². The monoisotopic (exact) mass is 471 g/mol. The fraction of sp³-hybridized carbons (Fsp3) is 0.481. The van der Waals surface area contributed by atoms with Gasteiger partial charge in [0.05, 0.1) is 11.6 Å². The Kier molecular flexibility index (Phi) is 11.3. The average molecular weight is 472 g/mol. The lowest BCUT2D eigenvalue weighted by molar-refractivity contribution is -0.115. The molecule has 5 nitrogen and oxygen atoms in total.